The average Bonchev–Trinajstić information content (AvgIpc) is 2.87. The number of urea groups is 1. The highest BCUT2D eigenvalue weighted by molar-refractivity contribution is 6.34. The molecule has 0 aromatic carbocycles. The average molecular weight is 508 g/mol. The van der Waals surface area contributed by atoms with Gasteiger partial charge in [0.1, 0.15) is 5.83 Å². The Labute approximate surface area is 213 Å². The van der Waals surface area contributed by atoms with Gasteiger partial charge < -0.3 is 16.0 Å². The van der Waals surface area contributed by atoms with Crippen molar-refractivity contribution in [3.05, 3.63) is 59.6 Å². The molecular weight excluding hydrogens is 469 g/mol. The van der Waals surface area contributed by atoms with E-state index in [1.165, 1.54) is 41.7 Å². The van der Waals surface area contributed by atoms with Gasteiger partial charge in [-0.1, -0.05) is 50.3 Å². The molecular formula is C26H39ClFN5O2. The van der Waals surface area contributed by atoms with E-state index in [1.54, 1.807) is 13.0 Å². The minimum Gasteiger partial charge on any atom is -0.403 e. The molecule has 3 N–H and O–H groups in total. The molecule has 0 unspecified atom stereocenters. The molecule has 3 amide bonds. The molecule has 9 heteroatoms. The highest BCUT2D eigenvalue weighted by Gasteiger charge is 2.28. The molecule has 0 aliphatic carbocycles. The van der Waals surface area contributed by atoms with Gasteiger partial charge in [-0.2, -0.15) is 5.10 Å². The molecule has 0 atom stereocenters. The van der Waals surface area contributed by atoms with Crippen LogP contribution in [0.25, 0.3) is 0 Å². The molecule has 1 aliphatic heterocycles. The van der Waals surface area contributed by atoms with Crippen LogP contribution in [0.3, 0.4) is 0 Å². The van der Waals surface area contributed by atoms with Gasteiger partial charge in [-0.05, 0) is 50.7 Å². The minimum absolute atomic E-state index is 0.0669. The highest BCUT2D eigenvalue weighted by atomic mass is 35.5. The Kier molecular flexibility index (Phi) is 14.4. The fourth-order valence-electron chi connectivity index (χ4n) is 3.74. The van der Waals surface area contributed by atoms with Crippen molar-refractivity contribution in [1.29, 1.82) is 0 Å². The summed E-state index contributed by atoms with van der Waals surface area (Å²) in [6, 6.07) is -0.419. The van der Waals surface area contributed by atoms with Gasteiger partial charge in [-0.3, -0.25) is 4.79 Å². The minimum atomic E-state index is -0.459. The monoisotopic (exact) mass is 507 g/mol. The second-order valence-electron chi connectivity index (χ2n) is 8.24. The molecule has 0 saturated carbocycles. The van der Waals surface area contributed by atoms with E-state index in [0.717, 1.165) is 25.7 Å². The number of piperidine rings is 1. The SMILES string of the molecule is C=C/C=C(F)\C=C/CNC(=O)N(CC1CCN(C(=O)C(CC)CC)CC1)/N=C/C(=C/C)C(/Cl)=C\N. The maximum Gasteiger partial charge on any atom is 0.338 e. The number of amides is 3. The second kappa shape index (κ2) is 16.7. The lowest BCUT2D eigenvalue weighted by atomic mass is 9.94. The van der Waals surface area contributed by atoms with Crippen molar-refractivity contribution in [2.75, 3.05) is 26.2 Å². The fraction of sp³-hybridized carbons (Fsp3) is 0.500. The molecule has 0 aromatic rings. The summed E-state index contributed by atoms with van der Waals surface area (Å²) in [6.07, 6.45) is 13.1. The van der Waals surface area contributed by atoms with E-state index in [9.17, 15) is 14.0 Å². The van der Waals surface area contributed by atoms with Crippen LogP contribution in [0.1, 0.15) is 46.5 Å². The van der Waals surface area contributed by atoms with Crippen LogP contribution < -0.4 is 11.1 Å². The molecule has 1 saturated heterocycles. The number of halogens is 2. The Morgan fingerprint density at radius 3 is 2.51 bits per heavy atom. The first-order valence-electron chi connectivity index (χ1n) is 12.1. The molecule has 1 aliphatic rings. The number of carbonyl (C=O) groups excluding carboxylic acids is 2. The molecule has 7 nitrogen and oxygen atoms in total. The first-order chi connectivity index (χ1) is 16.8. The molecule has 194 valence electrons. The van der Waals surface area contributed by atoms with Crippen LogP contribution in [0, 0.1) is 11.8 Å². The van der Waals surface area contributed by atoms with Gasteiger partial charge in [0.25, 0.3) is 0 Å². The Hall–Kier alpha value is -2.87. The Morgan fingerprint density at radius 1 is 1.31 bits per heavy atom. The first kappa shape index (κ1) is 30.2. The lowest BCUT2D eigenvalue weighted by Gasteiger charge is -2.35. The molecule has 1 heterocycles. The summed E-state index contributed by atoms with van der Waals surface area (Å²) in [5, 5.41) is 8.74. The van der Waals surface area contributed by atoms with Crippen molar-refractivity contribution >= 4 is 29.8 Å². The molecule has 1 rings (SSSR count). The van der Waals surface area contributed by atoms with Crippen molar-refractivity contribution in [3.63, 3.8) is 0 Å². The first-order valence-corrected chi connectivity index (χ1v) is 12.5. The third-order valence-corrected chi connectivity index (χ3v) is 6.27. The topological polar surface area (TPSA) is 91.0 Å². The third-order valence-electron chi connectivity index (χ3n) is 5.92. The van der Waals surface area contributed by atoms with E-state index < -0.39 is 11.9 Å². The number of hydrogen-bond donors (Lipinski definition) is 2. The number of nitrogens with zero attached hydrogens (tertiary/aromatic N) is 3. The van der Waals surface area contributed by atoms with Crippen LogP contribution in [-0.2, 0) is 4.79 Å². The van der Waals surface area contributed by atoms with E-state index in [2.05, 4.69) is 17.0 Å². The zero-order valence-corrected chi connectivity index (χ0v) is 21.8. The zero-order chi connectivity index (χ0) is 26.2. The van der Waals surface area contributed by atoms with Crippen LogP contribution >= 0.6 is 11.6 Å². The summed E-state index contributed by atoms with van der Waals surface area (Å²) < 4.78 is 13.4. The summed E-state index contributed by atoms with van der Waals surface area (Å²) in [7, 11) is 0. The Balaban J connectivity index is 2.86. The number of nitrogens with one attached hydrogen (secondary N) is 1. The van der Waals surface area contributed by atoms with Crippen LogP contribution in [0.15, 0.2) is 64.7 Å². The van der Waals surface area contributed by atoms with E-state index in [1.807, 2.05) is 18.7 Å². The smallest absolute Gasteiger partial charge is 0.338 e. The van der Waals surface area contributed by atoms with Crippen molar-refractivity contribution < 1.29 is 14.0 Å². The summed E-state index contributed by atoms with van der Waals surface area (Å²) in [5.41, 5.74) is 6.08. The lowest BCUT2D eigenvalue weighted by Crippen LogP contribution is -2.45. The largest absolute Gasteiger partial charge is 0.403 e. The fourth-order valence-corrected chi connectivity index (χ4v) is 3.90. The van der Waals surface area contributed by atoms with Gasteiger partial charge in [-0.25, -0.2) is 14.2 Å². The Bertz CT molecular complexity index is 854. The van der Waals surface area contributed by atoms with Crippen LogP contribution in [-0.4, -0.2) is 54.2 Å². The van der Waals surface area contributed by atoms with Crippen LogP contribution in [0.2, 0.25) is 0 Å². The van der Waals surface area contributed by atoms with Crippen LogP contribution in [0.5, 0.6) is 0 Å². The summed E-state index contributed by atoms with van der Waals surface area (Å²) in [4.78, 5) is 27.5. The number of likely N-dealkylation sites (tertiary alicyclic amines) is 1. The van der Waals surface area contributed by atoms with Gasteiger partial charge in [0.2, 0.25) is 5.91 Å². The zero-order valence-electron chi connectivity index (χ0n) is 21.1. The molecule has 0 bridgehead atoms. The molecule has 0 radical (unpaired) electrons. The number of hydrogen-bond acceptors (Lipinski definition) is 4. The number of carbonyl (C=O) groups is 2. The molecule has 0 aromatic heterocycles. The van der Waals surface area contributed by atoms with Crippen molar-refractivity contribution in [2.24, 2.45) is 22.7 Å². The molecule has 1 fully saturated rings. The molecule has 35 heavy (non-hydrogen) atoms. The highest BCUT2D eigenvalue weighted by Crippen LogP contribution is 2.22. The number of nitrogens with two attached hydrogens (primary N) is 1. The standard InChI is InChI=1S/C26H39ClFN5O2/c1-5-10-23(28)11-9-14-30-26(35)33(31-18-22(8-4)24(27)17-29)19-20-12-15-32(16-13-20)25(34)21(6-2)7-3/h5,8-11,17-18,20-21H,1,6-7,12-16,19,29H2,2-4H3,(H,30,35)/b11-9-,22-8-,23-10+,24-17+,31-18+. The van der Waals surface area contributed by atoms with Gasteiger partial charge >= 0.3 is 6.03 Å². The van der Waals surface area contributed by atoms with Gasteiger partial charge in [0.05, 0.1) is 11.2 Å². The quantitative estimate of drug-likeness (QED) is 0.215. The van der Waals surface area contributed by atoms with E-state index in [0.29, 0.717) is 30.2 Å². The summed E-state index contributed by atoms with van der Waals surface area (Å²) >= 11 is 6.10. The Morgan fingerprint density at radius 2 is 1.97 bits per heavy atom. The van der Waals surface area contributed by atoms with E-state index in [4.69, 9.17) is 17.3 Å². The summed E-state index contributed by atoms with van der Waals surface area (Å²) in [5.74, 6) is 0.00488. The van der Waals surface area contributed by atoms with E-state index >= 15 is 0 Å². The predicted molar refractivity (Wildman–Crippen MR) is 142 cm³/mol. The van der Waals surface area contributed by atoms with Gasteiger partial charge in [0.15, 0.2) is 0 Å². The maximum absolute atomic E-state index is 13.4. The van der Waals surface area contributed by atoms with E-state index in [-0.39, 0.29) is 24.3 Å². The maximum atomic E-state index is 13.4. The van der Waals surface area contributed by atoms with Gasteiger partial charge in [0, 0.05) is 43.9 Å². The number of rotatable bonds is 12. The number of allylic oxidation sites excluding steroid dienone is 7. The van der Waals surface area contributed by atoms with Crippen molar-refractivity contribution in [1.82, 2.24) is 15.2 Å². The van der Waals surface area contributed by atoms with Gasteiger partial charge in [-0.15, -0.1) is 0 Å². The third kappa shape index (κ3) is 10.5. The lowest BCUT2D eigenvalue weighted by molar-refractivity contribution is -0.137. The summed E-state index contributed by atoms with van der Waals surface area (Å²) in [6.45, 7) is 11.1. The number of hydrazone groups is 1. The molecule has 0 spiro atoms. The van der Waals surface area contributed by atoms with Crippen LogP contribution in [0.4, 0.5) is 9.18 Å². The second-order valence-corrected chi connectivity index (χ2v) is 8.65. The normalized spacial score (nSPS) is 16.4. The predicted octanol–water partition coefficient (Wildman–Crippen LogP) is 5.24. The van der Waals surface area contributed by atoms with Crippen molar-refractivity contribution in [2.45, 2.75) is 46.5 Å². The van der Waals surface area contributed by atoms with Crippen molar-refractivity contribution in [3.8, 4) is 0 Å².